The van der Waals surface area contributed by atoms with Crippen LogP contribution >= 0.6 is 34.8 Å². The first-order chi connectivity index (χ1) is 11.1. The largest absolute Gasteiger partial charge is 0.508 e. The van der Waals surface area contributed by atoms with Gasteiger partial charge < -0.3 is 9.84 Å². The minimum absolute atomic E-state index is 0.233. The smallest absolute Gasteiger partial charge is 0.156 e. The molecule has 1 aliphatic carbocycles. The average molecular weight is 372 g/mol. The Balaban J connectivity index is 2.03. The lowest BCUT2D eigenvalue weighted by Crippen LogP contribution is -2.13. The van der Waals surface area contributed by atoms with E-state index in [0.29, 0.717) is 28.3 Å². The molecule has 0 saturated heterocycles. The van der Waals surface area contributed by atoms with Gasteiger partial charge in [0.2, 0.25) is 0 Å². The van der Waals surface area contributed by atoms with E-state index in [4.69, 9.17) is 39.5 Å². The Bertz CT molecular complexity index is 698. The number of phenols is 1. The zero-order valence-corrected chi connectivity index (χ0v) is 14.8. The Morgan fingerprint density at radius 1 is 1.17 bits per heavy atom. The molecule has 1 aliphatic rings. The van der Waals surface area contributed by atoms with Crippen LogP contribution in [0.25, 0.3) is 0 Å². The quantitative estimate of drug-likeness (QED) is 0.690. The van der Waals surface area contributed by atoms with Crippen LogP contribution in [0.15, 0.2) is 30.3 Å². The number of phenolic OH excluding ortho intramolecular Hbond substituents is 1. The van der Waals surface area contributed by atoms with Crippen LogP contribution in [-0.2, 0) is 6.42 Å². The van der Waals surface area contributed by atoms with E-state index in [-0.39, 0.29) is 11.7 Å². The monoisotopic (exact) mass is 370 g/mol. The molecule has 0 fully saturated rings. The van der Waals surface area contributed by atoms with Gasteiger partial charge in [0.1, 0.15) is 12.4 Å². The van der Waals surface area contributed by atoms with Crippen LogP contribution in [0.5, 0.6) is 11.5 Å². The molecular formula is C18H17Cl3O2. The number of fused-ring (bicyclic) bond motifs is 1. The van der Waals surface area contributed by atoms with Crippen LogP contribution in [0, 0.1) is 0 Å². The Hall–Kier alpha value is -1.09. The van der Waals surface area contributed by atoms with Crippen molar-refractivity contribution in [1.82, 2.24) is 0 Å². The fourth-order valence-electron chi connectivity index (χ4n) is 3.19. The molecule has 2 nitrogen and oxygen atoms in total. The van der Waals surface area contributed by atoms with Crippen molar-refractivity contribution >= 4 is 34.8 Å². The van der Waals surface area contributed by atoms with E-state index < -0.39 is 0 Å². The van der Waals surface area contributed by atoms with E-state index in [1.54, 1.807) is 12.1 Å². The lowest BCUT2D eigenvalue weighted by molar-refractivity contribution is 0.342. The summed E-state index contributed by atoms with van der Waals surface area (Å²) >= 11 is 18.6. The predicted molar refractivity (Wildman–Crippen MR) is 95.6 cm³/mol. The van der Waals surface area contributed by atoms with Crippen molar-refractivity contribution in [2.45, 2.75) is 25.2 Å². The van der Waals surface area contributed by atoms with Crippen molar-refractivity contribution < 1.29 is 9.84 Å². The van der Waals surface area contributed by atoms with Gasteiger partial charge in [-0.15, -0.1) is 11.6 Å². The number of benzene rings is 2. The zero-order chi connectivity index (χ0) is 16.4. The molecule has 0 aromatic heterocycles. The summed E-state index contributed by atoms with van der Waals surface area (Å²) in [6.45, 7) is 0.376. The van der Waals surface area contributed by atoms with Crippen LogP contribution < -0.4 is 4.74 Å². The average Bonchev–Trinajstić information content (AvgIpc) is 2.55. The summed E-state index contributed by atoms with van der Waals surface area (Å²) in [6, 6.07) is 9.29. The van der Waals surface area contributed by atoms with Gasteiger partial charge in [0.15, 0.2) is 5.75 Å². The number of rotatable bonds is 4. The first kappa shape index (κ1) is 16.8. The van der Waals surface area contributed by atoms with Crippen LogP contribution in [-0.4, -0.2) is 17.6 Å². The fourth-order valence-corrected chi connectivity index (χ4v) is 3.94. The van der Waals surface area contributed by atoms with Gasteiger partial charge in [-0.1, -0.05) is 35.3 Å². The molecule has 0 spiro atoms. The summed E-state index contributed by atoms with van der Waals surface area (Å²) in [4.78, 5) is 0. The Kier molecular flexibility index (Phi) is 5.25. The molecular weight excluding hydrogens is 355 g/mol. The Morgan fingerprint density at radius 2 is 1.91 bits per heavy atom. The highest BCUT2D eigenvalue weighted by atomic mass is 35.5. The van der Waals surface area contributed by atoms with E-state index in [0.717, 1.165) is 36.0 Å². The first-order valence-corrected chi connectivity index (χ1v) is 8.89. The minimum atomic E-state index is 0.233. The van der Waals surface area contributed by atoms with Crippen LogP contribution in [0.3, 0.4) is 0 Å². The summed E-state index contributed by atoms with van der Waals surface area (Å²) < 4.78 is 5.61. The molecule has 0 radical (unpaired) electrons. The van der Waals surface area contributed by atoms with Gasteiger partial charge in [-0.2, -0.15) is 0 Å². The second kappa shape index (κ2) is 7.21. The minimum Gasteiger partial charge on any atom is -0.508 e. The van der Waals surface area contributed by atoms with E-state index in [1.165, 1.54) is 0 Å². The number of alkyl halides is 1. The van der Waals surface area contributed by atoms with Gasteiger partial charge in [-0.25, -0.2) is 0 Å². The standard InChI is InChI=1S/C18H17Cl3O2/c19-8-9-23-18-16(20)10-15-13(2-1-3-14(15)17(18)21)11-4-6-12(22)7-5-11/h4-7,10,13,22H,1-3,8-9H2. The van der Waals surface area contributed by atoms with Gasteiger partial charge in [0.25, 0.3) is 0 Å². The van der Waals surface area contributed by atoms with Crippen molar-refractivity contribution in [2.75, 3.05) is 12.5 Å². The number of hydrogen-bond donors (Lipinski definition) is 1. The zero-order valence-electron chi connectivity index (χ0n) is 12.5. The second-order valence-electron chi connectivity index (χ2n) is 5.64. The third kappa shape index (κ3) is 3.40. The molecule has 0 amide bonds. The van der Waals surface area contributed by atoms with Crippen molar-refractivity contribution in [2.24, 2.45) is 0 Å². The predicted octanol–water partition coefficient (Wildman–Crippen LogP) is 5.78. The molecule has 122 valence electrons. The molecule has 3 rings (SSSR count). The molecule has 2 aromatic carbocycles. The molecule has 0 saturated carbocycles. The molecule has 1 N–H and O–H groups in total. The van der Waals surface area contributed by atoms with Crippen molar-refractivity contribution in [3.05, 3.63) is 57.1 Å². The highest BCUT2D eigenvalue weighted by Crippen LogP contribution is 2.46. The highest BCUT2D eigenvalue weighted by Gasteiger charge is 2.27. The summed E-state index contributed by atoms with van der Waals surface area (Å²) in [5, 5.41) is 10.6. The molecule has 1 unspecified atom stereocenters. The number of hydrogen-bond acceptors (Lipinski definition) is 2. The number of halogens is 3. The van der Waals surface area contributed by atoms with Crippen molar-refractivity contribution in [3.63, 3.8) is 0 Å². The number of ether oxygens (including phenoxy) is 1. The molecule has 2 aromatic rings. The van der Waals surface area contributed by atoms with Gasteiger partial charge in [-0.05, 0) is 54.2 Å². The summed E-state index contributed by atoms with van der Waals surface area (Å²) in [6.07, 6.45) is 3.00. The lowest BCUT2D eigenvalue weighted by atomic mass is 9.79. The van der Waals surface area contributed by atoms with Gasteiger partial charge in [0, 0.05) is 5.92 Å². The maximum absolute atomic E-state index is 9.49. The summed E-state index contributed by atoms with van der Waals surface area (Å²) in [7, 11) is 0. The van der Waals surface area contributed by atoms with E-state index in [2.05, 4.69) is 0 Å². The van der Waals surface area contributed by atoms with Gasteiger partial charge in [0.05, 0.1) is 15.9 Å². The maximum Gasteiger partial charge on any atom is 0.156 e. The first-order valence-electron chi connectivity index (χ1n) is 7.60. The summed E-state index contributed by atoms with van der Waals surface area (Å²) in [5.74, 6) is 1.42. The van der Waals surface area contributed by atoms with E-state index >= 15 is 0 Å². The van der Waals surface area contributed by atoms with Crippen LogP contribution in [0.2, 0.25) is 10.0 Å². The summed E-state index contributed by atoms with van der Waals surface area (Å²) in [5.41, 5.74) is 3.41. The van der Waals surface area contributed by atoms with E-state index in [1.807, 2.05) is 18.2 Å². The molecule has 0 aliphatic heterocycles. The Labute approximate surface area is 150 Å². The Morgan fingerprint density at radius 3 is 2.61 bits per heavy atom. The highest BCUT2D eigenvalue weighted by molar-refractivity contribution is 6.37. The molecule has 0 bridgehead atoms. The normalized spacial score (nSPS) is 16.9. The third-order valence-electron chi connectivity index (χ3n) is 4.23. The molecule has 0 heterocycles. The van der Waals surface area contributed by atoms with E-state index in [9.17, 15) is 5.11 Å². The SMILES string of the molecule is Oc1ccc(C2CCCc3c2cc(Cl)c(OCCCl)c3Cl)cc1. The molecule has 1 atom stereocenters. The van der Waals surface area contributed by atoms with Crippen LogP contribution in [0.4, 0.5) is 0 Å². The van der Waals surface area contributed by atoms with Crippen molar-refractivity contribution in [1.29, 1.82) is 0 Å². The van der Waals surface area contributed by atoms with Gasteiger partial charge in [-0.3, -0.25) is 0 Å². The van der Waals surface area contributed by atoms with Crippen LogP contribution in [0.1, 0.15) is 35.4 Å². The number of aromatic hydroxyl groups is 1. The van der Waals surface area contributed by atoms with Gasteiger partial charge >= 0.3 is 0 Å². The maximum atomic E-state index is 9.49. The molecule has 5 heteroatoms. The van der Waals surface area contributed by atoms with Crippen molar-refractivity contribution in [3.8, 4) is 11.5 Å². The topological polar surface area (TPSA) is 29.5 Å². The lowest BCUT2D eigenvalue weighted by Gasteiger charge is -2.28. The third-order valence-corrected chi connectivity index (χ3v) is 5.06. The fraction of sp³-hybridized carbons (Fsp3) is 0.333. The molecule has 23 heavy (non-hydrogen) atoms. The second-order valence-corrected chi connectivity index (χ2v) is 6.81.